The van der Waals surface area contributed by atoms with Crippen LogP contribution >= 0.6 is 0 Å². The Balaban J connectivity index is 1.32. The smallest absolute Gasteiger partial charge is 0.339 e. The predicted octanol–water partition coefficient (Wildman–Crippen LogP) is 3.91. The molecule has 1 amide bonds. The number of ether oxygens (including phenoxy) is 1. The molecule has 5 rings (SSSR count). The van der Waals surface area contributed by atoms with Crippen LogP contribution in [0.5, 0.6) is 0 Å². The number of aryl methyl sites for hydroxylation is 1. The lowest BCUT2D eigenvalue weighted by molar-refractivity contribution is -0.118. The van der Waals surface area contributed by atoms with Crippen molar-refractivity contribution in [2.75, 3.05) is 5.32 Å². The van der Waals surface area contributed by atoms with Gasteiger partial charge in [-0.1, -0.05) is 36.8 Å². The molecule has 1 N–H and O–H groups in total. The third kappa shape index (κ3) is 3.47. The Morgan fingerprint density at radius 1 is 1.10 bits per heavy atom. The van der Waals surface area contributed by atoms with Gasteiger partial charge in [-0.25, -0.2) is 4.79 Å². The van der Waals surface area contributed by atoms with Crippen molar-refractivity contribution in [2.45, 2.75) is 44.8 Å². The van der Waals surface area contributed by atoms with Gasteiger partial charge in [0.25, 0.3) is 0 Å². The van der Waals surface area contributed by atoms with Gasteiger partial charge < -0.3 is 14.6 Å². The highest BCUT2D eigenvalue weighted by atomic mass is 16.5. The lowest BCUT2D eigenvalue weighted by Gasteiger charge is -2.12. The molecule has 0 fully saturated rings. The zero-order valence-electron chi connectivity index (χ0n) is 16.5. The van der Waals surface area contributed by atoms with Gasteiger partial charge in [-0.05, 0) is 31.0 Å². The Labute approximate surface area is 174 Å². The van der Waals surface area contributed by atoms with Crippen LogP contribution in [0, 0.1) is 0 Å². The van der Waals surface area contributed by atoms with Crippen LogP contribution in [0.1, 0.15) is 53.5 Å². The summed E-state index contributed by atoms with van der Waals surface area (Å²) in [5.74, 6) is 1.28. The number of aromatic nitrogens is 3. The number of nitrogens with one attached hydrogen (secondary N) is 1. The summed E-state index contributed by atoms with van der Waals surface area (Å²) in [4.78, 5) is 24.6. The van der Waals surface area contributed by atoms with E-state index in [9.17, 15) is 9.59 Å². The number of anilines is 1. The van der Waals surface area contributed by atoms with Crippen molar-refractivity contribution in [1.29, 1.82) is 0 Å². The predicted molar refractivity (Wildman–Crippen MR) is 111 cm³/mol. The van der Waals surface area contributed by atoms with E-state index in [0.717, 1.165) is 48.6 Å². The minimum Gasteiger partial charge on any atom is -0.453 e. The van der Waals surface area contributed by atoms with E-state index >= 15 is 0 Å². The SMILES string of the molecule is O=C(C[C@@H]1OC(=O)c2ccccc21)Nc1cccc(-c2nnc3n2CCCCC3)c1. The molecule has 0 saturated heterocycles. The van der Waals surface area contributed by atoms with Crippen LogP contribution < -0.4 is 5.32 Å². The van der Waals surface area contributed by atoms with Crippen LogP contribution in [0.25, 0.3) is 11.4 Å². The number of cyclic esters (lactones) is 1. The molecule has 1 atom stereocenters. The number of carbonyl (C=O) groups excluding carboxylic acids is 2. The Hall–Kier alpha value is -3.48. The molecule has 0 unspecified atom stereocenters. The van der Waals surface area contributed by atoms with Gasteiger partial charge in [0.05, 0.1) is 12.0 Å². The molecule has 2 aliphatic heterocycles. The highest BCUT2D eigenvalue weighted by Gasteiger charge is 2.32. The second kappa shape index (κ2) is 7.74. The van der Waals surface area contributed by atoms with Crippen molar-refractivity contribution in [3.05, 3.63) is 65.5 Å². The first-order valence-electron chi connectivity index (χ1n) is 10.3. The second-order valence-corrected chi connectivity index (χ2v) is 7.72. The highest BCUT2D eigenvalue weighted by molar-refractivity contribution is 5.96. The average Bonchev–Trinajstić information content (AvgIpc) is 3.20. The maximum Gasteiger partial charge on any atom is 0.339 e. The number of fused-ring (bicyclic) bond motifs is 2. The van der Waals surface area contributed by atoms with Crippen molar-refractivity contribution in [3.8, 4) is 11.4 Å². The molecule has 1 aromatic heterocycles. The van der Waals surface area contributed by atoms with Crippen LogP contribution in [0.3, 0.4) is 0 Å². The molecule has 0 saturated carbocycles. The lowest BCUT2D eigenvalue weighted by Crippen LogP contribution is -2.15. The third-order valence-corrected chi connectivity index (χ3v) is 5.66. The van der Waals surface area contributed by atoms with Crippen LogP contribution in [0.4, 0.5) is 5.69 Å². The number of esters is 1. The standard InChI is InChI=1S/C23H22N4O3/c28-21(14-19-17-9-3-4-10-18(17)23(29)30-19)24-16-8-6-7-15(13-16)22-26-25-20-11-2-1-5-12-27(20)22/h3-4,6-10,13,19H,1-2,5,11-12,14H2,(H,24,28)/t19-/m0/s1. The van der Waals surface area contributed by atoms with E-state index in [1.807, 2.05) is 36.4 Å². The van der Waals surface area contributed by atoms with E-state index in [1.165, 1.54) is 6.42 Å². The van der Waals surface area contributed by atoms with Crippen molar-refractivity contribution in [3.63, 3.8) is 0 Å². The number of hydrogen-bond acceptors (Lipinski definition) is 5. The lowest BCUT2D eigenvalue weighted by atomic mass is 10.0. The van der Waals surface area contributed by atoms with Crippen molar-refractivity contribution in [1.82, 2.24) is 14.8 Å². The molecule has 0 spiro atoms. The highest BCUT2D eigenvalue weighted by Crippen LogP contribution is 2.33. The summed E-state index contributed by atoms with van der Waals surface area (Å²) < 4.78 is 7.56. The van der Waals surface area contributed by atoms with Crippen molar-refractivity contribution < 1.29 is 14.3 Å². The minimum atomic E-state index is -0.552. The minimum absolute atomic E-state index is 0.0767. The summed E-state index contributed by atoms with van der Waals surface area (Å²) in [6.45, 7) is 0.917. The molecule has 0 bridgehead atoms. The molecular formula is C23H22N4O3. The fourth-order valence-corrected chi connectivity index (χ4v) is 4.19. The molecular weight excluding hydrogens is 380 g/mol. The van der Waals surface area contributed by atoms with E-state index in [0.29, 0.717) is 11.3 Å². The maximum atomic E-state index is 12.6. The van der Waals surface area contributed by atoms with E-state index in [-0.39, 0.29) is 18.3 Å². The van der Waals surface area contributed by atoms with Gasteiger partial charge in [0, 0.05) is 29.8 Å². The first kappa shape index (κ1) is 18.5. The van der Waals surface area contributed by atoms with Gasteiger partial charge in [0.2, 0.25) is 5.91 Å². The topological polar surface area (TPSA) is 86.1 Å². The van der Waals surface area contributed by atoms with Gasteiger partial charge in [-0.2, -0.15) is 0 Å². The molecule has 3 aromatic rings. The average molecular weight is 402 g/mol. The normalized spacial score (nSPS) is 17.6. The number of rotatable bonds is 4. The van der Waals surface area contributed by atoms with Crippen LogP contribution in [0.15, 0.2) is 48.5 Å². The first-order chi connectivity index (χ1) is 14.7. The second-order valence-electron chi connectivity index (χ2n) is 7.72. The number of amides is 1. The number of carbonyl (C=O) groups is 2. The Morgan fingerprint density at radius 3 is 2.93 bits per heavy atom. The Morgan fingerprint density at radius 2 is 2.00 bits per heavy atom. The molecule has 2 aromatic carbocycles. The number of nitrogens with zero attached hydrogens (tertiary/aromatic N) is 3. The van der Waals surface area contributed by atoms with Gasteiger partial charge in [-0.15, -0.1) is 10.2 Å². The van der Waals surface area contributed by atoms with E-state index in [4.69, 9.17) is 4.74 Å². The third-order valence-electron chi connectivity index (χ3n) is 5.66. The maximum absolute atomic E-state index is 12.6. The zero-order chi connectivity index (χ0) is 20.5. The molecule has 0 aliphatic carbocycles. The summed E-state index contributed by atoms with van der Waals surface area (Å²) in [6.07, 6.45) is 3.94. The fraction of sp³-hybridized carbons (Fsp3) is 0.304. The van der Waals surface area contributed by atoms with Gasteiger partial charge in [0.1, 0.15) is 11.9 Å². The first-order valence-corrected chi connectivity index (χ1v) is 10.3. The zero-order valence-corrected chi connectivity index (χ0v) is 16.5. The molecule has 152 valence electrons. The summed E-state index contributed by atoms with van der Waals surface area (Å²) in [7, 11) is 0. The van der Waals surface area contributed by atoms with E-state index in [1.54, 1.807) is 12.1 Å². The Bertz CT molecular complexity index is 1120. The van der Waals surface area contributed by atoms with Crippen LogP contribution in [-0.4, -0.2) is 26.6 Å². The molecule has 7 heteroatoms. The monoisotopic (exact) mass is 402 g/mol. The number of hydrogen-bond donors (Lipinski definition) is 1. The summed E-state index contributed by atoms with van der Waals surface area (Å²) >= 11 is 0. The summed E-state index contributed by atoms with van der Waals surface area (Å²) in [6, 6.07) is 14.8. The van der Waals surface area contributed by atoms with E-state index < -0.39 is 6.10 Å². The summed E-state index contributed by atoms with van der Waals surface area (Å²) in [5.41, 5.74) is 2.90. The largest absolute Gasteiger partial charge is 0.453 e. The van der Waals surface area contributed by atoms with Gasteiger partial charge in [0.15, 0.2) is 5.82 Å². The van der Waals surface area contributed by atoms with E-state index in [2.05, 4.69) is 20.1 Å². The Kier molecular flexibility index (Phi) is 4.78. The molecule has 30 heavy (non-hydrogen) atoms. The fourth-order valence-electron chi connectivity index (χ4n) is 4.19. The molecule has 0 radical (unpaired) electrons. The van der Waals surface area contributed by atoms with Crippen LogP contribution in [0.2, 0.25) is 0 Å². The van der Waals surface area contributed by atoms with Crippen LogP contribution in [-0.2, 0) is 22.5 Å². The molecule has 7 nitrogen and oxygen atoms in total. The molecule has 3 heterocycles. The van der Waals surface area contributed by atoms with Gasteiger partial charge in [-0.3, -0.25) is 4.79 Å². The quantitative estimate of drug-likeness (QED) is 0.669. The van der Waals surface area contributed by atoms with Crippen molar-refractivity contribution in [2.24, 2.45) is 0 Å². The summed E-state index contributed by atoms with van der Waals surface area (Å²) in [5, 5.41) is 11.7. The number of benzene rings is 2. The van der Waals surface area contributed by atoms with Gasteiger partial charge >= 0.3 is 5.97 Å². The molecule has 2 aliphatic rings. The van der Waals surface area contributed by atoms with Crippen molar-refractivity contribution >= 4 is 17.6 Å².